The first kappa shape index (κ1) is 14.6. The molecule has 1 unspecified atom stereocenters. The minimum atomic E-state index is -0.0878. The summed E-state index contributed by atoms with van der Waals surface area (Å²) in [5, 5.41) is 3.55. The van der Waals surface area contributed by atoms with Crippen LogP contribution >= 0.6 is 0 Å². The van der Waals surface area contributed by atoms with Gasteiger partial charge in [0.25, 0.3) is 5.91 Å². The predicted octanol–water partition coefficient (Wildman–Crippen LogP) is 4.36. The number of carbonyl (C=O) groups excluding carboxylic acids is 1. The molecule has 0 saturated heterocycles. The van der Waals surface area contributed by atoms with Crippen LogP contribution < -0.4 is 5.32 Å². The monoisotopic (exact) mass is 294 g/mol. The molecule has 1 heterocycles. The molecule has 0 saturated carbocycles. The summed E-state index contributed by atoms with van der Waals surface area (Å²) in [6, 6.07) is 16.0. The van der Waals surface area contributed by atoms with E-state index in [0.29, 0.717) is 0 Å². The second-order valence-corrected chi connectivity index (χ2v) is 5.80. The first-order chi connectivity index (χ1) is 10.7. The second-order valence-electron chi connectivity index (χ2n) is 5.80. The number of benzene rings is 2. The molecular weight excluding hydrogens is 272 g/mol. The average Bonchev–Trinajstić information content (AvgIpc) is 2.54. The van der Waals surface area contributed by atoms with Crippen molar-refractivity contribution in [3.05, 3.63) is 65.2 Å². The van der Waals surface area contributed by atoms with Gasteiger partial charge in [-0.2, -0.15) is 0 Å². The van der Waals surface area contributed by atoms with E-state index < -0.39 is 0 Å². The summed E-state index contributed by atoms with van der Waals surface area (Å²) < 4.78 is 0. The highest BCUT2D eigenvalue weighted by molar-refractivity contribution is 6.01. The summed E-state index contributed by atoms with van der Waals surface area (Å²) in [6.45, 7) is 5.02. The van der Waals surface area contributed by atoms with Crippen molar-refractivity contribution in [2.75, 3.05) is 11.9 Å². The molecule has 0 fully saturated rings. The van der Waals surface area contributed by atoms with Crippen LogP contribution in [0.15, 0.2) is 48.5 Å². The number of nitrogens with zero attached hydrogens (tertiary/aromatic N) is 1. The molecule has 1 N–H and O–H groups in total. The number of aryl methyl sites for hydroxylation is 1. The lowest BCUT2D eigenvalue weighted by Gasteiger charge is -2.38. The van der Waals surface area contributed by atoms with Crippen LogP contribution in [0.2, 0.25) is 0 Å². The Bertz CT molecular complexity index is 681. The molecular formula is C19H22N2O. The van der Waals surface area contributed by atoms with Gasteiger partial charge in [0, 0.05) is 12.2 Å². The molecule has 1 aliphatic heterocycles. The molecule has 22 heavy (non-hydrogen) atoms. The smallest absolute Gasteiger partial charge is 0.257 e. The van der Waals surface area contributed by atoms with Crippen molar-refractivity contribution in [1.82, 2.24) is 4.90 Å². The van der Waals surface area contributed by atoms with Crippen molar-refractivity contribution in [3.63, 3.8) is 0 Å². The molecule has 2 aromatic rings. The van der Waals surface area contributed by atoms with Crippen LogP contribution in [-0.2, 0) is 0 Å². The molecule has 0 bridgehead atoms. The van der Waals surface area contributed by atoms with E-state index in [-0.39, 0.29) is 12.1 Å². The first-order valence-corrected chi connectivity index (χ1v) is 7.94. The maximum atomic E-state index is 12.9. The summed E-state index contributed by atoms with van der Waals surface area (Å²) in [6.07, 6.45) is 2.00. The lowest BCUT2D eigenvalue weighted by Crippen LogP contribution is -2.43. The molecule has 2 aromatic carbocycles. The standard InChI is InChI=1S/C19H22N2O/c1-3-4-13-21-18(15-10-6-5-9-14(15)2)20-17-12-8-7-11-16(17)19(21)22/h5-12,18,20H,3-4,13H2,1-2H3. The van der Waals surface area contributed by atoms with Gasteiger partial charge in [0.2, 0.25) is 0 Å². The van der Waals surface area contributed by atoms with Gasteiger partial charge >= 0.3 is 0 Å². The van der Waals surface area contributed by atoms with Crippen molar-refractivity contribution in [1.29, 1.82) is 0 Å². The molecule has 3 rings (SSSR count). The Morgan fingerprint density at radius 1 is 1.09 bits per heavy atom. The number of fused-ring (bicyclic) bond motifs is 1. The van der Waals surface area contributed by atoms with Gasteiger partial charge in [0.15, 0.2) is 0 Å². The van der Waals surface area contributed by atoms with Gasteiger partial charge in [-0.3, -0.25) is 4.79 Å². The highest BCUT2D eigenvalue weighted by atomic mass is 16.2. The zero-order valence-corrected chi connectivity index (χ0v) is 13.2. The minimum Gasteiger partial charge on any atom is -0.361 e. The predicted molar refractivity (Wildman–Crippen MR) is 89.9 cm³/mol. The third-order valence-corrected chi connectivity index (χ3v) is 4.26. The Morgan fingerprint density at radius 3 is 2.59 bits per heavy atom. The van der Waals surface area contributed by atoms with E-state index in [9.17, 15) is 4.79 Å². The van der Waals surface area contributed by atoms with Crippen molar-refractivity contribution >= 4 is 11.6 Å². The third-order valence-electron chi connectivity index (χ3n) is 4.26. The molecule has 114 valence electrons. The lowest BCUT2D eigenvalue weighted by molar-refractivity contribution is 0.0680. The molecule has 0 spiro atoms. The van der Waals surface area contributed by atoms with Gasteiger partial charge in [-0.25, -0.2) is 0 Å². The fourth-order valence-corrected chi connectivity index (χ4v) is 2.99. The largest absolute Gasteiger partial charge is 0.361 e. The van der Waals surface area contributed by atoms with Crippen LogP contribution in [0.25, 0.3) is 0 Å². The highest BCUT2D eigenvalue weighted by Gasteiger charge is 2.32. The minimum absolute atomic E-state index is 0.0878. The fourth-order valence-electron chi connectivity index (χ4n) is 2.99. The number of amides is 1. The summed E-state index contributed by atoms with van der Waals surface area (Å²) in [7, 11) is 0. The molecule has 1 aliphatic rings. The molecule has 1 amide bonds. The van der Waals surface area contributed by atoms with E-state index in [2.05, 4.69) is 31.3 Å². The van der Waals surface area contributed by atoms with E-state index in [4.69, 9.17) is 0 Å². The summed E-state index contributed by atoms with van der Waals surface area (Å²) in [5.74, 6) is 0.121. The summed E-state index contributed by atoms with van der Waals surface area (Å²) >= 11 is 0. The maximum absolute atomic E-state index is 12.9. The molecule has 0 radical (unpaired) electrons. The molecule has 3 heteroatoms. The summed E-state index contributed by atoms with van der Waals surface area (Å²) in [5.41, 5.74) is 4.06. The highest BCUT2D eigenvalue weighted by Crippen LogP contribution is 2.34. The summed E-state index contributed by atoms with van der Waals surface area (Å²) in [4.78, 5) is 14.9. The number of para-hydroxylation sites is 1. The van der Waals surface area contributed by atoms with E-state index in [1.165, 1.54) is 11.1 Å². The van der Waals surface area contributed by atoms with Crippen LogP contribution in [0.5, 0.6) is 0 Å². The number of unbranched alkanes of at least 4 members (excludes halogenated alkanes) is 1. The van der Waals surface area contributed by atoms with Crippen molar-refractivity contribution in [2.45, 2.75) is 32.9 Å². The number of rotatable bonds is 4. The van der Waals surface area contributed by atoms with Gasteiger partial charge < -0.3 is 10.2 Å². The van der Waals surface area contributed by atoms with Crippen molar-refractivity contribution in [3.8, 4) is 0 Å². The SMILES string of the molecule is CCCCN1C(=O)c2ccccc2NC1c1ccccc1C. The number of carbonyl (C=O) groups is 1. The van der Waals surface area contributed by atoms with Crippen LogP contribution in [-0.4, -0.2) is 17.4 Å². The van der Waals surface area contributed by atoms with Gasteiger partial charge in [-0.1, -0.05) is 49.7 Å². The van der Waals surface area contributed by atoms with Crippen molar-refractivity contribution < 1.29 is 4.79 Å². The Kier molecular flexibility index (Phi) is 4.14. The Morgan fingerprint density at radius 2 is 1.82 bits per heavy atom. The van der Waals surface area contributed by atoms with Crippen LogP contribution in [0, 0.1) is 6.92 Å². The molecule has 0 aliphatic carbocycles. The quantitative estimate of drug-likeness (QED) is 0.908. The fraction of sp³-hybridized carbons (Fsp3) is 0.316. The zero-order chi connectivity index (χ0) is 15.5. The van der Waals surface area contributed by atoms with E-state index in [0.717, 1.165) is 30.6 Å². The van der Waals surface area contributed by atoms with E-state index in [1.807, 2.05) is 41.3 Å². The first-order valence-electron chi connectivity index (χ1n) is 7.94. The topological polar surface area (TPSA) is 32.3 Å². The van der Waals surface area contributed by atoms with Gasteiger partial charge in [0.05, 0.1) is 5.56 Å². The number of nitrogens with one attached hydrogen (secondary N) is 1. The molecule has 0 aromatic heterocycles. The Labute approximate surface area is 132 Å². The molecule has 3 nitrogen and oxygen atoms in total. The Balaban J connectivity index is 2.03. The zero-order valence-electron chi connectivity index (χ0n) is 13.2. The van der Waals surface area contributed by atoms with Crippen molar-refractivity contribution in [2.24, 2.45) is 0 Å². The normalized spacial score (nSPS) is 17.1. The van der Waals surface area contributed by atoms with Gasteiger partial charge in [-0.15, -0.1) is 0 Å². The van der Waals surface area contributed by atoms with Crippen LogP contribution in [0.4, 0.5) is 5.69 Å². The van der Waals surface area contributed by atoms with E-state index in [1.54, 1.807) is 0 Å². The van der Waals surface area contributed by atoms with Gasteiger partial charge in [-0.05, 0) is 36.6 Å². The Hall–Kier alpha value is -2.29. The third kappa shape index (κ3) is 2.59. The maximum Gasteiger partial charge on any atom is 0.257 e. The van der Waals surface area contributed by atoms with Gasteiger partial charge in [0.1, 0.15) is 6.17 Å². The molecule has 1 atom stereocenters. The lowest BCUT2D eigenvalue weighted by atomic mass is 10.00. The van der Waals surface area contributed by atoms with Crippen LogP contribution in [0.1, 0.15) is 47.4 Å². The number of anilines is 1. The average molecular weight is 294 g/mol. The second kappa shape index (κ2) is 6.22. The number of hydrogen-bond donors (Lipinski definition) is 1. The number of hydrogen-bond acceptors (Lipinski definition) is 2. The van der Waals surface area contributed by atoms with E-state index >= 15 is 0 Å². The van der Waals surface area contributed by atoms with Crippen LogP contribution in [0.3, 0.4) is 0 Å².